The van der Waals surface area contributed by atoms with Crippen LogP contribution in [0, 0.1) is 0 Å². The molecule has 0 unspecified atom stereocenters. The zero-order valence-corrected chi connectivity index (χ0v) is 17.3. The normalized spacial score (nSPS) is 11.7. The number of nitrogens with one attached hydrogen (secondary N) is 3. The highest BCUT2D eigenvalue weighted by Crippen LogP contribution is 2.19. The van der Waals surface area contributed by atoms with Gasteiger partial charge in [0.05, 0.1) is 6.54 Å². The largest absolute Gasteiger partial charge is 0.484 e. The zero-order chi connectivity index (χ0) is 22.5. The molecule has 9 heteroatoms. The molecule has 0 aliphatic heterocycles. The number of rotatable bonds is 10. The number of aliphatic imine (C=N–C) groups is 1. The van der Waals surface area contributed by atoms with Gasteiger partial charge in [-0.1, -0.05) is 30.3 Å². The van der Waals surface area contributed by atoms with Gasteiger partial charge in [-0.25, -0.2) is 4.99 Å². The lowest BCUT2D eigenvalue weighted by atomic mass is 10.2. The van der Waals surface area contributed by atoms with Crippen LogP contribution in [0.15, 0.2) is 59.6 Å². The van der Waals surface area contributed by atoms with Crippen molar-refractivity contribution in [3.05, 3.63) is 65.7 Å². The summed E-state index contributed by atoms with van der Waals surface area (Å²) in [6.07, 6.45) is -3.64. The molecule has 31 heavy (non-hydrogen) atoms. The van der Waals surface area contributed by atoms with Crippen LogP contribution in [0.1, 0.15) is 29.3 Å². The van der Waals surface area contributed by atoms with Crippen LogP contribution in [0.25, 0.3) is 0 Å². The van der Waals surface area contributed by atoms with Crippen LogP contribution in [0.4, 0.5) is 13.2 Å². The molecule has 2 aromatic carbocycles. The molecular formula is C22H27F3N4O2. The standard InChI is InChI=1S/C22H27F3N4O2/c1-2-26-21(28-14-6-13-27-20(30)18-7-4-3-5-8-18)29-15-17-9-11-19(12-10-17)31-16-22(23,24)25/h3-5,7-12H,2,6,13-16H2,1H3,(H,27,30)(H2,26,28,29). The van der Waals surface area contributed by atoms with E-state index in [4.69, 9.17) is 4.74 Å². The van der Waals surface area contributed by atoms with Crippen LogP contribution >= 0.6 is 0 Å². The van der Waals surface area contributed by atoms with Crippen molar-refractivity contribution >= 4 is 11.9 Å². The van der Waals surface area contributed by atoms with Gasteiger partial charge in [0.1, 0.15) is 5.75 Å². The molecule has 0 aliphatic rings. The summed E-state index contributed by atoms with van der Waals surface area (Å²) in [7, 11) is 0. The fourth-order valence-corrected chi connectivity index (χ4v) is 2.56. The number of nitrogens with zero attached hydrogens (tertiary/aromatic N) is 1. The van der Waals surface area contributed by atoms with Crippen LogP contribution in [-0.2, 0) is 6.54 Å². The Balaban J connectivity index is 1.74. The highest BCUT2D eigenvalue weighted by molar-refractivity contribution is 5.94. The number of hydrogen-bond donors (Lipinski definition) is 3. The first-order chi connectivity index (χ1) is 14.9. The van der Waals surface area contributed by atoms with Gasteiger partial charge in [-0.15, -0.1) is 0 Å². The number of halogens is 3. The second-order valence-electron chi connectivity index (χ2n) is 6.65. The number of ether oxygens (including phenoxy) is 1. The minimum atomic E-state index is -4.36. The SMILES string of the molecule is CCNC(=NCc1ccc(OCC(F)(F)F)cc1)NCCCNC(=O)c1ccccc1. The summed E-state index contributed by atoms with van der Waals surface area (Å²) < 4.78 is 41.3. The van der Waals surface area contributed by atoms with Crippen molar-refractivity contribution in [3.8, 4) is 5.75 Å². The summed E-state index contributed by atoms with van der Waals surface area (Å²) in [4.78, 5) is 16.5. The van der Waals surface area contributed by atoms with E-state index in [1.54, 1.807) is 24.3 Å². The number of amides is 1. The van der Waals surface area contributed by atoms with E-state index in [2.05, 4.69) is 20.9 Å². The van der Waals surface area contributed by atoms with Crippen molar-refractivity contribution in [2.45, 2.75) is 26.1 Å². The summed E-state index contributed by atoms with van der Waals surface area (Å²) in [5.41, 5.74) is 1.46. The van der Waals surface area contributed by atoms with Gasteiger partial charge < -0.3 is 20.7 Å². The summed E-state index contributed by atoms with van der Waals surface area (Å²) in [6, 6.07) is 15.4. The van der Waals surface area contributed by atoms with Crippen LogP contribution < -0.4 is 20.7 Å². The van der Waals surface area contributed by atoms with E-state index in [0.717, 1.165) is 5.56 Å². The van der Waals surface area contributed by atoms with E-state index in [0.29, 0.717) is 44.1 Å². The molecule has 0 saturated carbocycles. The smallest absolute Gasteiger partial charge is 0.422 e. The summed E-state index contributed by atoms with van der Waals surface area (Å²) in [5, 5.41) is 9.19. The van der Waals surface area contributed by atoms with Crippen LogP contribution in [-0.4, -0.2) is 44.3 Å². The van der Waals surface area contributed by atoms with E-state index in [1.165, 1.54) is 12.1 Å². The molecule has 0 aliphatic carbocycles. The Bertz CT molecular complexity index is 825. The molecule has 6 nitrogen and oxygen atoms in total. The molecule has 0 heterocycles. The molecule has 0 saturated heterocycles. The summed E-state index contributed by atoms with van der Waals surface area (Å²) >= 11 is 0. The Morgan fingerprint density at radius 2 is 1.65 bits per heavy atom. The minimum absolute atomic E-state index is 0.108. The Hall–Kier alpha value is -3.23. The van der Waals surface area contributed by atoms with Gasteiger partial charge in [0.25, 0.3) is 5.91 Å². The Morgan fingerprint density at radius 1 is 0.968 bits per heavy atom. The first-order valence-corrected chi connectivity index (χ1v) is 10.0. The molecule has 0 radical (unpaired) electrons. The van der Waals surface area contributed by atoms with Gasteiger partial charge in [-0.05, 0) is 43.2 Å². The topological polar surface area (TPSA) is 74.8 Å². The van der Waals surface area contributed by atoms with E-state index in [9.17, 15) is 18.0 Å². The molecule has 0 spiro atoms. The van der Waals surface area contributed by atoms with Crippen molar-refractivity contribution in [2.24, 2.45) is 4.99 Å². The predicted octanol–water partition coefficient (Wildman–Crippen LogP) is 3.50. The quantitative estimate of drug-likeness (QED) is 0.303. The van der Waals surface area contributed by atoms with Crippen molar-refractivity contribution in [1.82, 2.24) is 16.0 Å². The van der Waals surface area contributed by atoms with Crippen molar-refractivity contribution in [1.29, 1.82) is 0 Å². The molecule has 1 amide bonds. The second kappa shape index (κ2) is 12.5. The van der Waals surface area contributed by atoms with E-state index < -0.39 is 12.8 Å². The molecule has 2 rings (SSSR count). The maximum absolute atomic E-state index is 12.2. The third kappa shape index (κ3) is 9.88. The second-order valence-corrected chi connectivity index (χ2v) is 6.65. The molecule has 0 fully saturated rings. The van der Waals surface area contributed by atoms with Crippen LogP contribution in [0.3, 0.4) is 0 Å². The number of guanidine groups is 1. The zero-order valence-electron chi connectivity index (χ0n) is 17.3. The Morgan fingerprint density at radius 3 is 2.29 bits per heavy atom. The monoisotopic (exact) mass is 436 g/mol. The first-order valence-electron chi connectivity index (χ1n) is 10.0. The lowest BCUT2D eigenvalue weighted by molar-refractivity contribution is -0.153. The molecule has 3 N–H and O–H groups in total. The molecule has 168 valence electrons. The fourth-order valence-electron chi connectivity index (χ4n) is 2.56. The molecule has 0 atom stereocenters. The average Bonchev–Trinajstić information content (AvgIpc) is 2.76. The number of carbonyl (C=O) groups excluding carboxylic acids is 1. The first kappa shape index (κ1) is 24.0. The number of carbonyl (C=O) groups is 1. The van der Waals surface area contributed by atoms with E-state index >= 15 is 0 Å². The maximum atomic E-state index is 12.2. The third-order valence-electron chi connectivity index (χ3n) is 4.06. The van der Waals surface area contributed by atoms with Crippen molar-refractivity contribution in [3.63, 3.8) is 0 Å². The minimum Gasteiger partial charge on any atom is -0.484 e. The molecule has 0 bridgehead atoms. The highest BCUT2D eigenvalue weighted by atomic mass is 19.4. The van der Waals surface area contributed by atoms with Crippen molar-refractivity contribution in [2.75, 3.05) is 26.2 Å². The highest BCUT2D eigenvalue weighted by Gasteiger charge is 2.28. The summed E-state index contributed by atoms with van der Waals surface area (Å²) in [6.45, 7) is 2.82. The number of benzene rings is 2. The Kier molecular flexibility index (Phi) is 9.67. The van der Waals surface area contributed by atoms with Gasteiger partial charge in [0, 0.05) is 25.2 Å². The van der Waals surface area contributed by atoms with E-state index in [1.807, 2.05) is 25.1 Å². The predicted molar refractivity (Wildman–Crippen MR) is 114 cm³/mol. The molecule has 2 aromatic rings. The third-order valence-corrected chi connectivity index (χ3v) is 4.06. The number of alkyl halides is 3. The van der Waals surface area contributed by atoms with Gasteiger partial charge in [-0.3, -0.25) is 4.79 Å². The van der Waals surface area contributed by atoms with Crippen molar-refractivity contribution < 1.29 is 22.7 Å². The number of hydrogen-bond acceptors (Lipinski definition) is 3. The van der Waals surface area contributed by atoms with Crippen LogP contribution in [0.2, 0.25) is 0 Å². The maximum Gasteiger partial charge on any atom is 0.422 e. The van der Waals surface area contributed by atoms with Crippen LogP contribution in [0.5, 0.6) is 5.75 Å². The van der Waals surface area contributed by atoms with Gasteiger partial charge in [0.15, 0.2) is 12.6 Å². The average molecular weight is 436 g/mol. The van der Waals surface area contributed by atoms with E-state index in [-0.39, 0.29) is 11.7 Å². The lowest BCUT2D eigenvalue weighted by Gasteiger charge is -2.12. The lowest BCUT2D eigenvalue weighted by Crippen LogP contribution is -2.38. The Labute approximate surface area is 179 Å². The fraction of sp³-hybridized carbons (Fsp3) is 0.364. The molecular weight excluding hydrogens is 409 g/mol. The van der Waals surface area contributed by atoms with Gasteiger partial charge >= 0.3 is 6.18 Å². The van der Waals surface area contributed by atoms with Gasteiger partial charge in [0.2, 0.25) is 0 Å². The van der Waals surface area contributed by atoms with Gasteiger partial charge in [-0.2, -0.15) is 13.2 Å². The molecule has 0 aromatic heterocycles. The summed E-state index contributed by atoms with van der Waals surface area (Å²) in [5.74, 6) is 0.672.